The number of rotatable bonds is 2. The lowest BCUT2D eigenvalue weighted by Crippen LogP contribution is -2.31. The number of aromatic nitrogens is 2. The smallest absolute Gasteiger partial charge is 0.120 e. The number of nitrogens with one attached hydrogen (secondary N) is 1. The maximum absolute atomic E-state index is 4.27. The van der Waals surface area contributed by atoms with Crippen LogP contribution in [0.5, 0.6) is 0 Å². The number of H-pyrrole nitrogens is 1. The normalized spacial score (nSPS) is 32.9. The molecular formula is C10H15N3. The predicted octanol–water partition coefficient (Wildman–Crippen LogP) is 1.39. The molecule has 3 heteroatoms. The third-order valence-electron chi connectivity index (χ3n) is 3.28. The van der Waals surface area contributed by atoms with Gasteiger partial charge in [-0.3, -0.25) is 4.90 Å². The molecule has 1 aromatic heterocycles. The molecule has 0 radical (unpaired) electrons. The maximum Gasteiger partial charge on any atom is 0.120 e. The van der Waals surface area contributed by atoms with Crippen molar-refractivity contribution in [1.29, 1.82) is 0 Å². The zero-order chi connectivity index (χ0) is 8.67. The fourth-order valence-electron chi connectivity index (χ4n) is 2.48. The molecule has 0 aromatic carbocycles. The first-order valence-corrected chi connectivity index (χ1v) is 5.16. The fourth-order valence-corrected chi connectivity index (χ4v) is 2.48. The van der Waals surface area contributed by atoms with E-state index in [1.54, 1.807) is 0 Å². The van der Waals surface area contributed by atoms with Crippen molar-refractivity contribution in [2.75, 3.05) is 6.54 Å². The Labute approximate surface area is 78.2 Å². The number of hydrogen-bond donors (Lipinski definition) is 1. The van der Waals surface area contributed by atoms with E-state index in [1.165, 1.54) is 25.8 Å². The van der Waals surface area contributed by atoms with Gasteiger partial charge in [0.2, 0.25) is 0 Å². The van der Waals surface area contributed by atoms with Gasteiger partial charge in [0.15, 0.2) is 0 Å². The van der Waals surface area contributed by atoms with E-state index in [1.807, 2.05) is 12.4 Å². The first-order valence-electron chi connectivity index (χ1n) is 5.16. The van der Waals surface area contributed by atoms with Gasteiger partial charge in [0.05, 0.1) is 6.54 Å². The van der Waals surface area contributed by atoms with E-state index in [0.29, 0.717) is 0 Å². The molecule has 0 amide bonds. The molecule has 1 aromatic rings. The largest absolute Gasteiger partial charge is 0.348 e. The highest BCUT2D eigenvalue weighted by Gasteiger charge is 2.43. The highest BCUT2D eigenvalue weighted by molar-refractivity contribution is 5.00. The molecule has 0 spiro atoms. The van der Waals surface area contributed by atoms with Crippen LogP contribution in [0.2, 0.25) is 0 Å². The molecule has 2 fully saturated rings. The average Bonchev–Trinajstić information content (AvgIpc) is 2.77. The van der Waals surface area contributed by atoms with Crippen molar-refractivity contribution in [3.8, 4) is 0 Å². The molecule has 70 valence electrons. The van der Waals surface area contributed by atoms with Crippen molar-refractivity contribution in [1.82, 2.24) is 14.9 Å². The van der Waals surface area contributed by atoms with E-state index >= 15 is 0 Å². The van der Waals surface area contributed by atoms with Crippen molar-refractivity contribution >= 4 is 0 Å². The lowest BCUT2D eigenvalue weighted by molar-refractivity contribution is 0.203. The maximum atomic E-state index is 4.27. The Morgan fingerprint density at radius 3 is 3.46 bits per heavy atom. The van der Waals surface area contributed by atoms with E-state index in [9.17, 15) is 0 Å². The zero-order valence-corrected chi connectivity index (χ0v) is 7.74. The van der Waals surface area contributed by atoms with Crippen molar-refractivity contribution in [3.05, 3.63) is 18.2 Å². The number of nitrogens with zero attached hydrogens (tertiary/aromatic N) is 2. The van der Waals surface area contributed by atoms with Crippen molar-refractivity contribution in [2.45, 2.75) is 31.8 Å². The summed E-state index contributed by atoms with van der Waals surface area (Å²) >= 11 is 0. The van der Waals surface area contributed by atoms with Gasteiger partial charge >= 0.3 is 0 Å². The third-order valence-corrected chi connectivity index (χ3v) is 3.28. The minimum atomic E-state index is 0.888. The molecule has 2 aliphatic rings. The van der Waals surface area contributed by atoms with Crippen LogP contribution in [0.4, 0.5) is 0 Å². The number of likely N-dealkylation sites (tertiary alicyclic amines) is 1. The molecule has 1 saturated heterocycles. The Hall–Kier alpha value is -0.830. The Morgan fingerprint density at radius 2 is 2.62 bits per heavy atom. The van der Waals surface area contributed by atoms with Gasteiger partial charge in [-0.2, -0.15) is 0 Å². The van der Waals surface area contributed by atoms with Crippen LogP contribution in [-0.2, 0) is 6.54 Å². The number of aromatic amines is 1. The molecule has 3 nitrogen and oxygen atoms in total. The molecule has 3 rings (SSSR count). The van der Waals surface area contributed by atoms with Crippen LogP contribution in [0.3, 0.4) is 0 Å². The van der Waals surface area contributed by atoms with Gasteiger partial charge in [-0.15, -0.1) is 0 Å². The average molecular weight is 177 g/mol. The molecule has 1 N–H and O–H groups in total. The van der Waals surface area contributed by atoms with E-state index in [0.717, 1.165) is 24.3 Å². The predicted molar refractivity (Wildman–Crippen MR) is 50.1 cm³/mol. The van der Waals surface area contributed by atoms with Crippen LogP contribution in [0.1, 0.15) is 25.1 Å². The number of imidazole rings is 1. The molecule has 1 saturated carbocycles. The quantitative estimate of drug-likeness (QED) is 0.740. The molecule has 13 heavy (non-hydrogen) atoms. The second-order valence-electron chi connectivity index (χ2n) is 4.21. The Kier molecular flexibility index (Phi) is 1.65. The molecule has 2 atom stereocenters. The van der Waals surface area contributed by atoms with Gasteiger partial charge < -0.3 is 4.98 Å². The molecular weight excluding hydrogens is 162 g/mol. The lowest BCUT2D eigenvalue weighted by atomic mass is 10.1. The summed E-state index contributed by atoms with van der Waals surface area (Å²) in [7, 11) is 0. The van der Waals surface area contributed by atoms with Crippen LogP contribution >= 0.6 is 0 Å². The molecule has 1 aliphatic carbocycles. The summed E-state index contributed by atoms with van der Waals surface area (Å²) in [6.45, 7) is 2.29. The van der Waals surface area contributed by atoms with Crippen molar-refractivity contribution < 1.29 is 0 Å². The lowest BCUT2D eigenvalue weighted by Gasteiger charge is -2.25. The van der Waals surface area contributed by atoms with E-state index in [-0.39, 0.29) is 0 Å². The monoisotopic (exact) mass is 177 g/mol. The van der Waals surface area contributed by atoms with Gasteiger partial charge in [0.25, 0.3) is 0 Å². The fraction of sp³-hybridized carbons (Fsp3) is 0.700. The Morgan fingerprint density at radius 1 is 1.62 bits per heavy atom. The minimum absolute atomic E-state index is 0.888. The van der Waals surface area contributed by atoms with E-state index < -0.39 is 0 Å². The molecule has 0 bridgehead atoms. The van der Waals surface area contributed by atoms with Gasteiger partial charge in [-0.05, 0) is 31.7 Å². The van der Waals surface area contributed by atoms with Crippen molar-refractivity contribution in [3.63, 3.8) is 0 Å². The van der Waals surface area contributed by atoms with Gasteiger partial charge in [0.1, 0.15) is 5.82 Å². The second kappa shape index (κ2) is 2.84. The first-order chi connectivity index (χ1) is 6.43. The molecule has 2 heterocycles. The minimum Gasteiger partial charge on any atom is -0.348 e. The van der Waals surface area contributed by atoms with Crippen LogP contribution in [-0.4, -0.2) is 27.5 Å². The Balaban J connectivity index is 1.66. The van der Waals surface area contributed by atoms with Crippen LogP contribution in [0, 0.1) is 5.92 Å². The highest BCUT2D eigenvalue weighted by atomic mass is 15.2. The summed E-state index contributed by atoms with van der Waals surface area (Å²) in [6, 6.07) is 0.888. The number of hydrogen-bond acceptors (Lipinski definition) is 2. The van der Waals surface area contributed by atoms with E-state index in [4.69, 9.17) is 0 Å². The van der Waals surface area contributed by atoms with Gasteiger partial charge in [-0.25, -0.2) is 4.98 Å². The standard InChI is InChI=1S/C10H15N3/c1-2-8-6-9(8)13(5-1)7-10-11-3-4-12-10/h3-4,8-9H,1-2,5-7H2,(H,11,12). The first kappa shape index (κ1) is 7.56. The summed E-state index contributed by atoms with van der Waals surface area (Å²) in [6.07, 6.45) is 8.01. The summed E-state index contributed by atoms with van der Waals surface area (Å²) in [5.74, 6) is 2.14. The topological polar surface area (TPSA) is 31.9 Å². The van der Waals surface area contributed by atoms with Gasteiger partial charge in [0, 0.05) is 18.4 Å². The zero-order valence-electron chi connectivity index (χ0n) is 7.74. The van der Waals surface area contributed by atoms with Crippen LogP contribution in [0.15, 0.2) is 12.4 Å². The van der Waals surface area contributed by atoms with Gasteiger partial charge in [-0.1, -0.05) is 0 Å². The SMILES string of the molecule is c1c[nH]c(CN2CCCC3CC32)n1. The summed E-state index contributed by atoms with van der Waals surface area (Å²) < 4.78 is 0. The number of piperidine rings is 1. The number of fused-ring (bicyclic) bond motifs is 1. The molecule has 2 unspecified atom stereocenters. The van der Waals surface area contributed by atoms with Crippen molar-refractivity contribution in [2.24, 2.45) is 5.92 Å². The van der Waals surface area contributed by atoms with Crippen LogP contribution in [0.25, 0.3) is 0 Å². The third kappa shape index (κ3) is 1.37. The van der Waals surface area contributed by atoms with E-state index in [2.05, 4.69) is 14.9 Å². The Bertz CT molecular complexity index is 280. The summed E-state index contributed by atoms with van der Waals surface area (Å²) in [4.78, 5) is 10.0. The summed E-state index contributed by atoms with van der Waals surface area (Å²) in [5.41, 5.74) is 0. The molecule has 1 aliphatic heterocycles. The summed E-state index contributed by atoms with van der Waals surface area (Å²) in [5, 5.41) is 0. The van der Waals surface area contributed by atoms with Crippen LogP contribution < -0.4 is 0 Å². The second-order valence-corrected chi connectivity index (χ2v) is 4.21. The highest BCUT2D eigenvalue weighted by Crippen LogP contribution is 2.43.